The van der Waals surface area contributed by atoms with Crippen molar-refractivity contribution in [1.29, 1.82) is 0 Å². The molecule has 6 nitrogen and oxygen atoms in total. The van der Waals surface area contributed by atoms with E-state index in [0.29, 0.717) is 6.54 Å². The highest BCUT2D eigenvalue weighted by Gasteiger charge is 2.67. The molecule has 0 unspecified atom stereocenters. The molecule has 2 bridgehead atoms. The van der Waals surface area contributed by atoms with Crippen LogP contribution in [0.5, 0.6) is 5.75 Å². The van der Waals surface area contributed by atoms with E-state index in [1.165, 1.54) is 0 Å². The van der Waals surface area contributed by atoms with Gasteiger partial charge < -0.3 is 19.7 Å². The summed E-state index contributed by atoms with van der Waals surface area (Å²) in [4.78, 5) is 27.6. The molecule has 1 saturated carbocycles. The second-order valence-corrected chi connectivity index (χ2v) is 7.31. The van der Waals surface area contributed by atoms with Crippen molar-refractivity contribution in [3.8, 4) is 5.75 Å². The quantitative estimate of drug-likeness (QED) is 0.838. The highest BCUT2D eigenvalue weighted by Crippen LogP contribution is 2.52. The van der Waals surface area contributed by atoms with Crippen LogP contribution in [0.3, 0.4) is 0 Å². The Labute approximate surface area is 145 Å². The van der Waals surface area contributed by atoms with Gasteiger partial charge in [0.05, 0.1) is 31.6 Å². The van der Waals surface area contributed by atoms with Gasteiger partial charge in [-0.3, -0.25) is 9.59 Å². The molecule has 5 rings (SSSR count). The highest BCUT2D eigenvalue weighted by molar-refractivity contribution is 6.03. The maximum Gasteiger partial charge on any atom is 0.234 e. The summed E-state index contributed by atoms with van der Waals surface area (Å²) in [6.07, 6.45) is 5.69. The molecule has 3 fully saturated rings. The predicted octanol–water partition coefficient (Wildman–Crippen LogP) is 1.26. The van der Waals surface area contributed by atoms with Crippen LogP contribution < -0.4 is 15.0 Å². The Hall–Kier alpha value is -2.34. The van der Waals surface area contributed by atoms with Crippen LogP contribution >= 0.6 is 0 Å². The van der Waals surface area contributed by atoms with Crippen LogP contribution in [-0.2, 0) is 14.3 Å². The van der Waals surface area contributed by atoms with Crippen molar-refractivity contribution in [2.45, 2.75) is 30.6 Å². The van der Waals surface area contributed by atoms with Gasteiger partial charge in [0.1, 0.15) is 11.4 Å². The molecular weight excluding hydrogens is 320 g/mol. The smallest absolute Gasteiger partial charge is 0.234 e. The standard InChI is InChI=1S/C19H20N2O4/c1-24-13-6-4-12(5-7-13)21-10-19-9-8-14(25-19)15(16(19)18(21)23)17(22)20-11-2-3-11/h4-9,11,14-16H,2-3,10H2,1H3,(H,20,22)/t14-,15+,16+,19-/m1/s1. The van der Waals surface area contributed by atoms with Crippen LogP contribution in [0.25, 0.3) is 0 Å². The van der Waals surface area contributed by atoms with Crippen molar-refractivity contribution in [3.63, 3.8) is 0 Å². The number of rotatable bonds is 4. The van der Waals surface area contributed by atoms with Crippen LogP contribution in [-0.4, -0.2) is 43.2 Å². The molecule has 25 heavy (non-hydrogen) atoms. The molecule has 0 aromatic heterocycles. The largest absolute Gasteiger partial charge is 0.497 e. The van der Waals surface area contributed by atoms with Crippen molar-refractivity contribution in [2.24, 2.45) is 11.8 Å². The zero-order valence-electron chi connectivity index (χ0n) is 14.0. The summed E-state index contributed by atoms with van der Waals surface area (Å²) in [5.74, 6) is -0.209. The molecule has 0 radical (unpaired) electrons. The summed E-state index contributed by atoms with van der Waals surface area (Å²) in [7, 11) is 1.61. The van der Waals surface area contributed by atoms with Crippen LogP contribution in [0.15, 0.2) is 36.4 Å². The Balaban J connectivity index is 1.44. The van der Waals surface area contributed by atoms with Gasteiger partial charge in [0.2, 0.25) is 11.8 Å². The molecule has 1 spiro atoms. The van der Waals surface area contributed by atoms with Crippen LogP contribution in [0.2, 0.25) is 0 Å². The SMILES string of the molecule is COc1ccc(N2C[C@@]34C=C[C@@H](O3)[C@H](C(=O)NC3CC3)[C@H]4C2=O)cc1. The molecule has 6 heteroatoms. The Morgan fingerprint density at radius 2 is 2.08 bits per heavy atom. The van der Waals surface area contributed by atoms with Gasteiger partial charge in [-0.05, 0) is 37.1 Å². The number of methoxy groups -OCH3 is 1. The predicted molar refractivity (Wildman–Crippen MR) is 90.2 cm³/mol. The highest BCUT2D eigenvalue weighted by atomic mass is 16.5. The Morgan fingerprint density at radius 3 is 2.76 bits per heavy atom. The molecule has 4 atom stereocenters. The third-order valence-corrected chi connectivity index (χ3v) is 5.71. The van der Waals surface area contributed by atoms with Crippen molar-refractivity contribution in [3.05, 3.63) is 36.4 Å². The van der Waals surface area contributed by atoms with Gasteiger partial charge in [0.15, 0.2) is 0 Å². The molecule has 4 aliphatic rings. The van der Waals surface area contributed by atoms with E-state index in [1.807, 2.05) is 36.4 Å². The number of hydrogen-bond acceptors (Lipinski definition) is 4. The second-order valence-electron chi connectivity index (χ2n) is 7.31. The third-order valence-electron chi connectivity index (χ3n) is 5.71. The molecule has 1 aromatic rings. The molecule has 2 amide bonds. The normalized spacial score (nSPS) is 35.2. The summed E-state index contributed by atoms with van der Waals surface area (Å²) < 4.78 is 11.3. The second kappa shape index (κ2) is 5.08. The fourth-order valence-corrected chi connectivity index (χ4v) is 4.30. The first-order chi connectivity index (χ1) is 12.1. The van der Waals surface area contributed by atoms with E-state index < -0.39 is 17.4 Å². The average molecular weight is 340 g/mol. The van der Waals surface area contributed by atoms with Gasteiger partial charge in [0, 0.05) is 11.7 Å². The summed E-state index contributed by atoms with van der Waals surface area (Å²) in [5, 5.41) is 3.04. The monoisotopic (exact) mass is 340 g/mol. The Kier molecular flexibility index (Phi) is 3.04. The van der Waals surface area contributed by atoms with Gasteiger partial charge in [-0.2, -0.15) is 0 Å². The van der Waals surface area contributed by atoms with Crippen molar-refractivity contribution >= 4 is 17.5 Å². The number of anilines is 1. The number of nitrogens with zero attached hydrogens (tertiary/aromatic N) is 1. The molecule has 3 heterocycles. The van der Waals surface area contributed by atoms with Gasteiger partial charge in [0.25, 0.3) is 0 Å². The molecule has 130 valence electrons. The summed E-state index contributed by atoms with van der Waals surface area (Å²) >= 11 is 0. The number of carbonyl (C=O) groups excluding carboxylic acids is 2. The van der Waals surface area contributed by atoms with E-state index in [-0.39, 0.29) is 24.0 Å². The zero-order valence-corrected chi connectivity index (χ0v) is 14.0. The number of amides is 2. The third kappa shape index (κ3) is 2.13. The number of carbonyl (C=O) groups is 2. The summed E-state index contributed by atoms with van der Waals surface area (Å²) in [6.45, 7) is 0.447. The van der Waals surface area contributed by atoms with E-state index in [9.17, 15) is 9.59 Å². The number of hydrogen-bond donors (Lipinski definition) is 1. The summed E-state index contributed by atoms with van der Waals surface area (Å²) in [6, 6.07) is 7.67. The van der Waals surface area contributed by atoms with E-state index in [2.05, 4.69) is 5.32 Å². The molecular formula is C19H20N2O4. The lowest BCUT2D eigenvalue weighted by Gasteiger charge is -2.23. The lowest BCUT2D eigenvalue weighted by molar-refractivity contribution is -0.132. The van der Waals surface area contributed by atoms with Crippen LogP contribution in [0.4, 0.5) is 5.69 Å². The first-order valence-electron chi connectivity index (χ1n) is 8.74. The maximum atomic E-state index is 13.1. The van der Waals surface area contributed by atoms with Crippen molar-refractivity contribution in [2.75, 3.05) is 18.6 Å². The first kappa shape index (κ1) is 15.0. The van der Waals surface area contributed by atoms with Crippen LogP contribution in [0.1, 0.15) is 12.8 Å². The topological polar surface area (TPSA) is 67.9 Å². The van der Waals surface area contributed by atoms with E-state index in [1.54, 1.807) is 12.0 Å². The van der Waals surface area contributed by atoms with Gasteiger partial charge in [-0.1, -0.05) is 12.2 Å². The van der Waals surface area contributed by atoms with Gasteiger partial charge in [-0.25, -0.2) is 0 Å². The lowest BCUT2D eigenvalue weighted by Crippen LogP contribution is -2.44. The van der Waals surface area contributed by atoms with E-state index >= 15 is 0 Å². The fraction of sp³-hybridized carbons (Fsp3) is 0.474. The number of ether oxygens (including phenoxy) is 2. The summed E-state index contributed by atoms with van der Waals surface area (Å²) in [5.41, 5.74) is 0.129. The number of fused-ring (bicyclic) bond motifs is 1. The van der Waals surface area contributed by atoms with Crippen LogP contribution in [0, 0.1) is 11.8 Å². The first-order valence-corrected chi connectivity index (χ1v) is 8.74. The Morgan fingerprint density at radius 1 is 1.32 bits per heavy atom. The minimum absolute atomic E-state index is 0.0343. The Bertz CT molecular complexity index is 770. The maximum absolute atomic E-state index is 13.1. The fourth-order valence-electron chi connectivity index (χ4n) is 4.30. The van der Waals surface area contributed by atoms with Gasteiger partial charge >= 0.3 is 0 Å². The van der Waals surface area contributed by atoms with Crippen molar-refractivity contribution in [1.82, 2.24) is 5.32 Å². The minimum Gasteiger partial charge on any atom is -0.497 e. The zero-order chi connectivity index (χ0) is 17.2. The average Bonchev–Trinajstić information content (AvgIpc) is 3.15. The lowest BCUT2D eigenvalue weighted by atomic mass is 9.77. The molecule has 1 aromatic carbocycles. The molecule has 1 N–H and O–H groups in total. The minimum atomic E-state index is -0.673. The number of benzene rings is 1. The van der Waals surface area contributed by atoms with Gasteiger partial charge in [-0.15, -0.1) is 0 Å². The molecule has 2 saturated heterocycles. The van der Waals surface area contributed by atoms with E-state index in [4.69, 9.17) is 9.47 Å². The molecule has 1 aliphatic carbocycles. The number of nitrogens with one attached hydrogen (secondary N) is 1. The molecule has 3 aliphatic heterocycles. The van der Waals surface area contributed by atoms with E-state index in [0.717, 1.165) is 24.3 Å². The van der Waals surface area contributed by atoms with Crippen molar-refractivity contribution < 1.29 is 19.1 Å².